The Kier molecular flexibility index (Phi) is 5.58. The summed E-state index contributed by atoms with van der Waals surface area (Å²) < 4.78 is 0. The van der Waals surface area contributed by atoms with Gasteiger partial charge in [0, 0.05) is 16.3 Å². The van der Waals surface area contributed by atoms with Crippen LogP contribution in [0.3, 0.4) is 0 Å². The Hall–Kier alpha value is -1.84. The summed E-state index contributed by atoms with van der Waals surface area (Å²) in [6, 6.07) is 13.9. The van der Waals surface area contributed by atoms with Crippen molar-refractivity contribution in [3.8, 4) is 0 Å². The highest BCUT2D eigenvalue weighted by Gasteiger charge is 2.14. The average Bonchev–Trinajstić information content (AvgIpc) is 2.44. The van der Waals surface area contributed by atoms with Crippen molar-refractivity contribution in [2.75, 3.05) is 11.9 Å². The number of carbonyl (C=O) groups is 1. The van der Waals surface area contributed by atoms with Crippen LogP contribution in [0.4, 0.5) is 5.69 Å². The lowest BCUT2D eigenvalue weighted by molar-refractivity contribution is -0.682. The number of carbonyl (C=O) groups excluding carboxylic acids is 1. The predicted molar refractivity (Wildman–Crippen MR) is 91.2 cm³/mol. The molecule has 116 valence electrons. The maximum absolute atomic E-state index is 12.1. The number of rotatable bonds is 5. The van der Waals surface area contributed by atoms with Gasteiger partial charge < -0.3 is 10.6 Å². The lowest BCUT2D eigenvalue weighted by Gasteiger charge is -2.13. The first-order valence-electron chi connectivity index (χ1n) is 7.41. The predicted octanol–water partition coefficient (Wildman–Crippen LogP) is 3.22. The van der Waals surface area contributed by atoms with Gasteiger partial charge in [0.1, 0.15) is 6.04 Å². The van der Waals surface area contributed by atoms with Crippen LogP contribution in [0.15, 0.2) is 42.5 Å². The molecule has 22 heavy (non-hydrogen) atoms. The van der Waals surface area contributed by atoms with E-state index in [1.807, 2.05) is 62.5 Å². The van der Waals surface area contributed by atoms with Gasteiger partial charge in [0.25, 0.3) is 5.91 Å². The topological polar surface area (TPSA) is 45.7 Å². The molecule has 2 aromatic rings. The highest BCUT2D eigenvalue weighted by atomic mass is 35.5. The molecule has 0 radical (unpaired) electrons. The minimum absolute atomic E-state index is 0.0103. The van der Waals surface area contributed by atoms with Gasteiger partial charge >= 0.3 is 0 Å². The normalized spacial score (nSPS) is 12.0. The van der Waals surface area contributed by atoms with Crippen molar-refractivity contribution >= 4 is 23.2 Å². The van der Waals surface area contributed by atoms with Gasteiger partial charge in [0.05, 0.1) is 0 Å². The van der Waals surface area contributed by atoms with Crippen molar-refractivity contribution in [3.05, 3.63) is 64.2 Å². The number of aryl methyl sites for hydroxylation is 2. The summed E-state index contributed by atoms with van der Waals surface area (Å²) in [5.41, 5.74) is 4.18. The van der Waals surface area contributed by atoms with Gasteiger partial charge in [-0.2, -0.15) is 0 Å². The Balaban J connectivity index is 1.91. The number of nitrogens with two attached hydrogens (primary N) is 1. The van der Waals surface area contributed by atoms with Crippen molar-refractivity contribution in [1.82, 2.24) is 0 Å². The fraction of sp³-hybridized carbons (Fsp3) is 0.278. The minimum atomic E-state index is -0.0103. The molecule has 3 nitrogen and oxygen atoms in total. The summed E-state index contributed by atoms with van der Waals surface area (Å²) >= 11 is 6.18. The third kappa shape index (κ3) is 4.58. The first-order chi connectivity index (χ1) is 10.5. The largest absolute Gasteiger partial charge is 0.332 e. The van der Waals surface area contributed by atoms with Gasteiger partial charge in [-0.25, -0.2) is 0 Å². The maximum Gasteiger partial charge on any atom is 0.279 e. The number of nitrogens with one attached hydrogen (secondary N) is 1. The summed E-state index contributed by atoms with van der Waals surface area (Å²) in [6.45, 7) is 6.45. The van der Waals surface area contributed by atoms with Crippen LogP contribution in [0.2, 0.25) is 5.02 Å². The number of benzene rings is 2. The molecule has 2 rings (SSSR count). The molecule has 0 unspecified atom stereocenters. The summed E-state index contributed by atoms with van der Waals surface area (Å²) in [5, 5.41) is 5.66. The van der Waals surface area contributed by atoms with Crippen molar-refractivity contribution in [2.45, 2.75) is 26.8 Å². The van der Waals surface area contributed by atoms with Crippen LogP contribution in [-0.4, -0.2) is 12.5 Å². The molecule has 4 heteroatoms. The molecular weight excluding hydrogens is 296 g/mol. The second-order valence-corrected chi connectivity index (χ2v) is 6.08. The van der Waals surface area contributed by atoms with E-state index in [4.69, 9.17) is 11.6 Å². The lowest BCUT2D eigenvalue weighted by atomic mass is 10.1. The first kappa shape index (κ1) is 16.5. The van der Waals surface area contributed by atoms with Crippen LogP contribution in [-0.2, 0) is 4.79 Å². The molecule has 0 bridgehead atoms. The van der Waals surface area contributed by atoms with Crippen molar-refractivity contribution in [1.29, 1.82) is 0 Å². The third-order valence-electron chi connectivity index (χ3n) is 3.56. The molecule has 0 spiro atoms. The van der Waals surface area contributed by atoms with Crippen molar-refractivity contribution < 1.29 is 10.1 Å². The van der Waals surface area contributed by atoms with Crippen LogP contribution in [0.5, 0.6) is 0 Å². The van der Waals surface area contributed by atoms with E-state index < -0.39 is 0 Å². The molecule has 0 aliphatic heterocycles. The molecule has 1 atom stereocenters. The zero-order valence-corrected chi connectivity index (χ0v) is 13.9. The summed E-state index contributed by atoms with van der Waals surface area (Å²) in [5.74, 6) is -0.0103. The van der Waals surface area contributed by atoms with E-state index in [2.05, 4.69) is 11.4 Å². The van der Waals surface area contributed by atoms with Crippen LogP contribution >= 0.6 is 11.6 Å². The van der Waals surface area contributed by atoms with Crippen LogP contribution < -0.4 is 10.6 Å². The fourth-order valence-corrected chi connectivity index (χ4v) is 2.82. The van der Waals surface area contributed by atoms with Crippen LogP contribution in [0.25, 0.3) is 0 Å². The molecule has 3 N–H and O–H groups in total. The van der Waals surface area contributed by atoms with E-state index in [0.717, 1.165) is 27.4 Å². The monoisotopic (exact) mass is 317 g/mol. The summed E-state index contributed by atoms with van der Waals surface area (Å²) in [4.78, 5) is 12.1. The Morgan fingerprint density at radius 2 is 1.82 bits per heavy atom. The van der Waals surface area contributed by atoms with E-state index in [9.17, 15) is 4.79 Å². The van der Waals surface area contributed by atoms with Crippen molar-refractivity contribution in [3.63, 3.8) is 0 Å². The van der Waals surface area contributed by atoms with Crippen molar-refractivity contribution in [2.24, 2.45) is 0 Å². The molecule has 0 fully saturated rings. The lowest BCUT2D eigenvalue weighted by Crippen LogP contribution is -2.86. The molecule has 0 aromatic heterocycles. The first-order valence-corrected chi connectivity index (χ1v) is 7.79. The molecule has 0 saturated carbocycles. The highest BCUT2D eigenvalue weighted by molar-refractivity contribution is 6.31. The van der Waals surface area contributed by atoms with Crippen LogP contribution in [0.1, 0.15) is 29.7 Å². The Morgan fingerprint density at radius 3 is 2.45 bits per heavy atom. The number of halogens is 1. The van der Waals surface area contributed by atoms with Crippen LogP contribution in [0, 0.1) is 13.8 Å². The molecule has 0 aliphatic rings. The summed E-state index contributed by atoms with van der Waals surface area (Å²) in [6.07, 6.45) is 0. The van der Waals surface area contributed by atoms with E-state index in [0.29, 0.717) is 6.54 Å². The van der Waals surface area contributed by atoms with Gasteiger partial charge in [-0.05, 0) is 50.1 Å². The van der Waals surface area contributed by atoms with Gasteiger partial charge in [0.2, 0.25) is 0 Å². The van der Waals surface area contributed by atoms with Gasteiger partial charge in [-0.1, -0.05) is 35.9 Å². The van der Waals surface area contributed by atoms with Gasteiger partial charge in [-0.3, -0.25) is 4.79 Å². The Morgan fingerprint density at radius 1 is 1.18 bits per heavy atom. The van der Waals surface area contributed by atoms with E-state index in [1.54, 1.807) is 0 Å². The average molecular weight is 318 g/mol. The molecule has 2 aromatic carbocycles. The molecule has 0 saturated heterocycles. The second-order valence-electron chi connectivity index (χ2n) is 5.67. The zero-order valence-electron chi connectivity index (χ0n) is 13.2. The minimum Gasteiger partial charge on any atom is -0.332 e. The SMILES string of the molecule is Cc1cc(C)cc(NC(=O)C[NH2+][C@H](C)c2ccccc2Cl)c1. The van der Waals surface area contributed by atoms with Gasteiger partial charge in [0.15, 0.2) is 6.54 Å². The number of amides is 1. The zero-order chi connectivity index (χ0) is 16.1. The highest BCUT2D eigenvalue weighted by Crippen LogP contribution is 2.19. The number of quaternary nitrogens is 1. The quantitative estimate of drug-likeness (QED) is 0.874. The molecule has 0 heterocycles. The molecule has 1 amide bonds. The summed E-state index contributed by atoms with van der Waals surface area (Å²) in [7, 11) is 0. The third-order valence-corrected chi connectivity index (χ3v) is 3.90. The van der Waals surface area contributed by atoms with Gasteiger partial charge in [-0.15, -0.1) is 0 Å². The number of hydrogen-bond acceptors (Lipinski definition) is 1. The Bertz CT molecular complexity index is 650. The number of hydrogen-bond donors (Lipinski definition) is 2. The standard InChI is InChI=1S/C18H21ClN2O/c1-12-8-13(2)10-15(9-12)21-18(22)11-20-14(3)16-6-4-5-7-17(16)19/h4-10,14,20H,11H2,1-3H3,(H,21,22)/p+1/t14-/m1/s1. The van der Waals surface area contributed by atoms with E-state index in [-0.39, 0.29) is 11.9 Å². The molecular formula is C18H22ClN2O+. The maximum atomic E-state index is 12.1. The fourth-order valence-electron chi connectivity index (χ4n) is 2.51. The number of anilines is 1. The smallest absolute Gasteiger partial charge is 0.279 e. The van der Waals surface area contributed by atoms with E-state index >= 15 is 0 Å². The van der Waals surface area contributed by atoms with E-state index in [1.165, 1.54) is 0 Å². The molecule has 0 aliphatic carbocycles. The second kappa shape index (κ2) is 7.43. The Labute approximate surface area is 136 Å².